The van der Waals surface area contributed by atoms with E-state index in [1.807, 2.05) is 58.8 Å². The third-order valence-corrected chi connectivity index (χ3v) is 6.92. The van der Waals surface area contributed by atoms with Crippen molar-refractivity contribution in [3.63, 3.8) is 0 Å². The van der Waals surface area contributed by atoms with Crippen molar-refractivity contribution < 1.29 is 9.32 Å². The fourth-order valence-corrected chi connectivity index (χ4v) is 5.10. The summed E-state index contributed by atoms with van der Waals surface area (Å²) in [6, 6.07) is 16.9. The quantitative estimate of drug-likeness (QED) is 0.399. The Balaban J connectivity index is 1.16. The number of hydrogen-bond donors (Lipinski definition) is 0. The summed E-state index contributed by atoms with van der Waals surface area (Å²) < 4.78 is 7.13. The van der Waals surface area contributed by atoms with Crippen molar-refractivity contribution in [1.82, 2.24) is 24.3 Å². The van der Waals surface area contributed by atoms with Crippen molar-refractivity contribution in [2.75, 3.05) is 26.2 Å². The van der Waals surface area contributed by atoms with Crippen molar-refractivity contribution in [2.45, 2.75) is 6.54 Å². The number of thiazole rings is 1. The lowest BCUT2D eigenvalue weighted by atomic mass is 10.1. The Morgan fingerprint density at radius 1 is 1.03 bits per heavy atom. The van der Waals surface area contributed by atoms with Crippen LogP contribution in [0.1, 0.15) is 16.1 Å². The summed E-state index contributed by atoms with van der Waals surface area (Å²) in [5.74, 6) is 0.666. The first-order chi connectivity index (χ1) is 16.7. The average molecular weight is 472 g/mol. The van der Waals surface area contributed by atoms with Gasteiger partial charge in [0.05, 0.1) is 11.1 Å². The number of fused-ring (bicyclic) bond motifs is 2. The van der Waals surface area contributed by atoms with Crippen LogP contribution >= 0.6 is 11.3 Å². The molecule has 34 heavy (non-hydrogen) atoms. The molecule has 4 heterocycles. The Labute approximate surface area is 198 Å². The predicted molar refractivity (Wildman–Crippen MR) is 130 cm³/mol. The SMILES string of the molecule is O=C(c1ccc2noc(-c3ccccc3)c2c1)N1CCN(Cc2cc(=O)n3ccsc3n2)CC1. The van der Waals surface area contributed by atoms with Crippen LogP contribution in [0, 0.1) is 0 Å². The molecule has 170 valence electrons. The zero-order valence-electron chi connectivity index (χ0n) is 18.3. The van der Waals surface area contributed by atoms with Gasteiger partial charge in [0.25, 0.3) is 11.5 Å². The molecule has 1 fully saturated rings. The van der Waals surface area contributed by atoms with E-state index >= 15 is 0 Å². The Morgan fingerprint density at radius 2 is 1.85 bits per heavy atom. The van der Waals surface area contributed by atoms with Crippen molar-refractivity contribution in [1.29, 1.82) is 0 Å². The number of aromatic nitrogens is 3. The zero-order chi connectivity index (χ0) is 23.1. The number of rotatable bonds is 4. The number of carbonyl (C=O) groups is 1. The van der Waals surface area contributed by atoms with Gasteiger partial charge in [0.15, 0.2) is 10.7 Å². The summed E-state index contributed by atoms with van der Waals surface area (Å²) >= 11 is 1.45. The lowest BCUT2D eigenvalue weighted by molar-refractivity contribution is 0.0627. The number of benzene rings is 2. The normalized spacial score (nSPS) is 14.8. The second kappa shape index (κ2) is 8.51. The molecule has 0 bridgehead atoms. The molecular weight excluding hydrogens is 450 g/mol. The van der Waals surface area contributed by atoms with E-state index in [-0.39, 0.29) is 11.5 Å². The highest BCUT2D eigenvalue weighted by Gasteiger charge is 2.24. The molecule has 1 aliphatic rings. The number of carbonyl (C=O) groups excluding carboxylic acids is 1. The minimum atomic E-state index is -0.0611. The minimum Gasteiger partial charge on any atom is -0.355 e. The number of piperazine rings is 1. The molecule has 1 amide bonds. The summed E-state index contributed by atoms with van der Waals surface area (Å²) in [4.78, 5) is 34.9. The average Bonchev–Trinajstić information content (AvgIpc) is 3.52. The van der Waals surface area contributed by atoms with Gasteiger partial charge in [-0.2, -0.15) is 0 Å². The molecule has 0 N–H and O–H groups in total. The Kier molecular flexibility index (Phi) is 5.20. The summed E-state index contributed by atoms with van der Waals surface area (Å²) in [6.07, 6.45) is 1.74. The van der Waals surface area contributed by atoms with E-state index in [0.717, 1.165) is 35.2 Å². The van der Waals surface area contributed by atoms with Gasteiger partial charge in [-0.05, 0) is 18.2 Å². The molecule has 0 unspecified atom stereocenters. The highest BCUT2D eigenvalue weighted by atomic mass is 32.1. The molecule has 1 aliphatic heterocycles. The van der Waals surface area contributed by atoms with Gasteiger partial charge in [-0.3, -0.25) is 18.9 Å². The molecule has 0 saturated carbocycles. The molecule has 2 aromatic carbocycles. The maximum absolute atomic E-state index is 13.2. The van der Waals surface area contributed by atoms with Gasteiger partial charge in [0.1, 0.15) is 5.52 Å². The van der Waals surface area contributed by atoms with Gasteiger partial charge in [-0.15, -0.1) is 11.3 Å². The Morgan fingerprint density at radius 3 is 2.68 bits per heavy atom. The first kappa shape index (κ1) is 20.8. The highest BCUT2D eigenvalue weighted by Crippen LogP contribution is 2.29. The van der Waals surface area contributed by atoms with E-state index in [4.69, 9.17) is 4.52 Å². The Hall–Kier alpha value is -3.82. The van der Waals surface area contributed by atoms with Gasteiger partial charge in [0.2, 0.25) is 0 Å². The number of hydrogen-bond acceptors (Lipinski definition) is 7. The smallest absolute Gasteiger partial charge is 0.258 e. The van der Waals surface area contributed by atoms with Crippen LogP contribution in [0.4, 0.5) is 0 Å². The largest absolute Gasteiger partial charge is 0.355 e. The minimum absolute atomic E-state index is 0.00173. The van der Waals surface area contributed by atoms with Gasteiger partial charge in [-0.25, -0.2) is 4.98 Å². The monoisotopic (exact) mass is 471 g/mol. The van der Waals surface area contributed by atoms with Crippen LogP contribution < -0.4 is 5.56 Å². The van der Waals surface area contributed by atoms with E-state index in [1.165, 1.54) is 11.3 Å². The standard InChI is InChI=1S/C25H21N5O3S/c31-22-15-19(26-25-30(22)12-13-34-25)16-28-8-10-29(11-9-28)24(32)18-6-7-21-20(14-18)23(33-27-21)17-4-2-1-3-5-17/h1-7,12-15H,8-11,16H2. The van der Waals surface area contributed by atoms with Gasteiger partial charge >= 0.3 is 0 Å². The molecular formula is C25H21N5O3S. The van der Waals surface area contributed by atoms with Crippen molar-refractivity contribution >= 4 is 33.1 Å². The molecule has 6 rings (SSSR count). The molecule has 5 aromatic rings. The second-order valence-corrected chi connectivity index (χ2v) is 9.19. The van der Waals surface area contributed by atoms with Crippen LogP contribution in [0.15, 0.2) is 75.5 Å². The van der Waals surface area contributed by atoms with E-state index in [9.17, 15) is 9.59 Å². The summed E-state index contributed by atoms with van der Waals surface area (Å²) in [5.41, 5.74) is 2.98. The molecule has 0 aliphatic carbocycles. The first-order valence-electron chi connectivity index (χ1n) is 11.1. The lowest BCUT2D eigenvalue weighted by Crippen LogP contribution is -2.48. The molecule has 1 saturated heterocycles. The van der Waals surface area contributed by atoms with E-state index in [0.29, 0.717) is 35.9 Å². The summed E-state index contributed by atoms with van der Waals surface area (Å²) in [6.45, 7) is 3.28. The van der Waals surface area contributed by atoms with Crippen LogP contribution in [-0.2, 0) is 6.54 Å². The van der Waals surface area contributed by atoms with Crippen molar-refractivity contribution in [3.8, 4) is 11.3 Å². The molecule has 0 radical (unpaired) electrons. The van der Waals surface area contributed by atoms with Crippen molar-refractivity contribution in [2.24, 2.45) is 0 Å². The van der Waals surface area contributed by atoms with Gasteiger partial charge in [-0.1, -0.05) is 35.5 Å². The Bertz CT molecular complexity index is 1550. The fourth-order valence-electron chi connectivity index (χ4n) is 4.36. The molecule has 9 heteroatoms. The topological polar surface area (TPSA) is 84.0 Å². The second-order valence-electron chi connectivity index (χ2n) is 8.32. The van der Waals surface area contributed by atoms with Crippen LogP contribution in [-0.4, -0.2) is 56.4 Å². The van der Waals surface area contributed by atoms with Gasteiger partial charge in [0, 0.05) is 61.5 Å². The maximum atomic E-state index is 13.2. The van der Waals surface area contributed by atoms with E-state index in [1.54, 1.807) is 16.7 Å². The first-order valence-corrected chi connectivity index (χ1v) is 12.0. The maximum Gasteiger partial charge on any atom is 0.258 e. The van der Waals surface area contributed by atoms with Crippen LogP contribution in [0.5, 0.6) is 0 Å². The van der Waals surface area contributed by atoms with Gasteiger partial charge < -0.3 is 9.42 Å². The lowest BCUT2D eigenvalue weighted by Gasteiger charge is -2.34. The zero-order valence-corrected chi connectivity index (χ0v) is 19.1. The summed E-state index contributed by atoms with van der Waals surface area (Å²) in [5, 5.41) is 6.83. The predicted octanol–water partition coefficient (Wildman–Crippen LogP) is 3.52. The van der Waals surface area contributed by atoms with Crippen LogP contribution in [0.2, 0.25) is 0 Å². The highest BCUT2D eigenvalue weighted by molar-refractivity contribution is 7.15. The van der Waals surface area contributed by atoms with Crippen LogP contribution in [0.25, 0.3) is 27.2 Å². The molecule has 8 nitrogen and oxygen atoms in total. The fraction of sp³-hybridized carbons (Fsp3) is 0.200. The molecule has 0 spiro atoms. The van der Waals surface area contributed by atoms with E-state index in [2.05, 4.69) is 15.0 Å². The third kappa shape index (κ3) is 3.78. The van der Waals surface area contributed by atoms with Crippen molar-refractivity contribution in [3.05, 3.63) is 87.8 Å². The van der Waals surface area contributed by atoms with Crippen LogP contribution in [0.3, 0.4) is 0 Å². The molecule has 0 atom stereocenters. The number of amides is 1. The summed E-state index contributed by atoms with van der Waals surface area (Å²) in [7, 11) is 0. The van der Waals surface area contributed by atoms with E-state index < -0.39 is 0 Å². The third-order valence-electron chi connectivity index (χ3n) is 6.16. The molecule has 3 aromatic heterocycles. The number of nitrogens with zero attached hydrogens (tertiary/aromatic N) is 5.